The minimum Gasteiger partial charge on any atom is -0.329 e. The van der Waals surface area contributed by atoms with Gasteiger partial charge in [0.1, 0.15) is 0 Å². The molecular formula is C13H20Cl3F6N3. The van der Waals surface area contributed by atoms with Crippen LogP contribution in [-0.2, 0) is 18.9 Å². The molecule has 0 unspecified atom stereocenters. The molecule has 0 bridgehead atoms. The lowest BCUT2D eigenvalue weighted by molar-refractivity contribution is -0.143. The Balaban J connectivity index is -0.00000161. The van der Waals surface area contributed by atoms with Crippen LogP contribution in [0, 0.1) is 0 Å². The number of hydrogen-bond donors (Lipinski definition) is 2. The first kappa shape index (κ1) is 29.3. The van der Waals surface area contributed by atoms with Gasteiger partial charge in [0.25, 0.3) is 0 Å². The molecule has 0 aliphatic carbocycles. The molecule has 1 aromatic rings. The Kier molecular flexibility index (Phi) is 14.1. The Labute approximate surface area is 160 Å². The van der Waals surface area contributed by atoms with Crippen molar-refractivity contribution in [1.29, 1.82) is 0 Å². The van der Waals surface area contributed by atoms with Crippen LogP contribution in [0.25, 0.3) is 0 Å². The fourth-order valence-corrected chi connectivity index (χ4v) is 2.00. The van der Waals surface area contributed by atoms with Crippen molar-refractivity contribution in [2.75, 3.05) is 26.2 Å². The summed E-state index contributed by atoms with van der Waals surface area (Å²) in [6.07, 6.45) is -9.69. The summed E-state index contributed by atoms with van der Waals surface area (Å²) in [6, 6.07) is 1.55. The fourth-order valence-electron chi connectivity index (χ4n) is 2.00. The molecule has 0 saturated heterocycles. The van der Waals surface area contributed by atoms with Gasteiger partial charge in [-0.3, -0.25) is 4.90 Å². The van der Waals surface area contributed by atoms with Crippen molar-refractivity contribution in [3.63, 3.8) is 0 Å². The topological polar surface area (TPSA) is 55.3 Å². The standard InChI is InChI=1S/C13H17F6N3.3ClH/c14-12(15,16)10-5-9(6-11(7-10)13(17,18)19)8-22(3-1-20)4-2-21;;;/h5-7H,1-4,8,20-21H2;3*1H. The molecular weight excluding hydrogens is 419 g/mol. The van der Waals surface area contributed by atoms with Gasteiger partial charge in [-0.15, -0.1) is 37.2 Å². The predicted octanol–water partition coefficient (Wildman–Crippen LogP) is 3.71. The lowest BCUT2D eigenvalue weighted by Gasteiger charge is -2.22. The van der Waals surface area contributed by atoms with Gasteiger partial charge in [0.2, 0.25) is 0 Å². The molecule has 1 rings (SSSR count). The molecule has 12 heteroatoms. The number of halogens is 9. The van der Waals surface area contributed by atoms with E-state index in [2.05, 4.69) is 0 Å². The highest BCUT2D eigenvalue weighted by Crippen LogP contribution is 2.36. The number of nitrogens with zero attached hydrogens (tertiary/aromatic N) is 1. The molecule has 0 aliphatic heterocycles. The predicted molar refractivity (Wildman–Crippen MR) is 91.6 cm³/mol. The molecule has 0 atom stereocenters. The average Bonchev–Trinajstić information content (AvgIpc) is 2.37. The molecule has 150 valence electrons. The van der Waals surface area contributed by atoms with E-state index >= 15 is 0 Å². The van der Waals surface area contributed by atoms with Gasteiger partial charge in [0, 0.05) is 32.7 Å². The second-order valence-corrected chi connectivity index (χ2v) is 4.77. The van der Waals surface area contributed by atoms with Crippen molar-refractivity contribution in [3.05, 3.63) is 34.9 Å². The Morgan fingerprint density at radius 2 is 1.08 bits per heavy atom. The van der Waals surface area contributed by atoms with Crippen LogP contribution in [0.4, 0.5) is 26.3 Å². The maximum Gasteiger partial charge on any atom is 0.416 e. The van der Waals surface area contributed by atoms with Crippen molar-refractivity contribution >= 4 is 37.2 Å². The van der Waals surface area contributed by atoms with E-state index in [9.17, 15) is 26.3 Å². The van der Waals surface area contributed by atoms with Gasteiger partial charge in [0.05, 0.1) is 11.1 Å². The first-order valence-corrected chi connectivity index (χ1v) is 6.48. The second kappa shape index (κ2) is 12.0. The van der Waals surface area contributed by atoms with Crippen LogP contribution in [0.2, 0.25) is 0 Å². The summed E-state index contributed by atoms with van der Waals surface area (Å²) in [5, 5.41) is 0. The minimum atomic E-state index is -4.84. The highest BCUT2D eigenvalue weighted by Gasteiger charge is 2.36. The van der Waals surface area contributed by atoms with Crippen molar-refractivity contribution in [2.24, 2.45) is 11.5 Å². The van der Waals surface area contributed by atoms with Crippen molar-refractivity contribution < 1.29 is 26.3 Å². The first-order chi connectivity index (χ1) is 10.1. The van der Waals surface area contributed by atoms with Gasteiger partial charge in [-0.25, -0.2) is 0 Å². The third-order valence-corrected chi connectivity index (χ3v) is 2.94. The maximum absolute atomic E-state index is 12.7. The third-order valence-electron chi connectivity index (χ3n) is 2.94. The monoisotopic (exact) mass is 437 g/mol. The van der Waals surface area contributed by atoms with E-state index in [1.54, 1.807) is 4.90 Å². The molecule has 0 saturated carbocycles. The van der Waals surface area contributed by atoms with E-state index in [-0.39, 0.29) is 68.5 Å². The number of rotatable bonds is 6. The summed E-state index contributed by atoms with van der Waals surface area (Å²) in [7, 11) is 0. The van der Waals surface area contributed by atoms with Crippen molar-refractivity contribution in [2.45, 2.75) is 18.9 Å². The normalized spacial score (nSPS) is 11.4. The van der Waals surface area contributed by atoms with E-state index in [0.29, 0.717) is 13.1 Å². The minimum absolute atomic E-state index is 0. The van der Waals surface area contributed by atoms with E-state index < -0.39 is 23.5 Å². The molecule has 0 aliphatic rings. The second-order valence-electron chi connectivity index (χ2n) is 4.77. The quantitative estimate of drug-likeness (QED) is 0.666. The average molecular weight is 439 g/mol. The van der Waals surface area contributed by atoms with Crippen LogP contribution >= 0.6 is 37.2 Å². The van der Waals surface area contributed by atoms with E-state index in [1.165, 1.54) is 0 Å². The number of alkyl halides is 6. The van der Waals surface area contributed by atoms with E-state index in [4.69, 9.17) is 11.5 Å². The first-order valence-electron chi connectivity index (χ1n) is 6.48. The van der Waals surface area contributed by atoms with Gasteiger partial charge in [-0.1, -0.05) is 0 Å². The molecule has 0 fully saturated rings. The molecule has 0 amide bonds. The summed E-state index contributed by atoms with van der Waals surface area (Å²) in [5.41, 5.74) is 8.02. The van der Waals surface area contributed by atoms with Crippen LogP contribution in [0.5, 0.6) is 0 Å². The summed E-state index contributed by atoms with van der Waals surface area (Å²) in [6.45, 7) is 1.03. The van der Waals surface area contributed by atoms with Gasteiger partial charge in [-0.05, 0) is 23.8 Å². The maximum atomic E-state index is 12.7. The van der Waals surface area contributed by atoms with Gasteiger partial charge < -0.3 is 11.5 Å². The summed E-state index contributed by atoms with van der Waals surface area (Å²) < 4.78 is 76.5. The molecule has 25 heavy (non-hydrogen) atoms. The molecule has 0 radical (unpaired) electrons. The highest BCUT2D eigenvalue weighted by molar-refractivity contribution is 5.86. The summed E-state index contributed by atoms with van der Waals surface area (Å²) >= 11 is 0. The van der Waals surface area contributed by atoms with Crippen LogP contribution in [0.1, 0.15) is 16.7 Å². The van der Waals surface area contributed by atoms with Crippen molar-refractivity contribution in [1.82, 2.24) is 4.90 Å². The zero-order chi connectivity index (χ0) is 17.0. The molecule has 4 N–H and O–H groups in total. The van der Waals surface area contributed by atoms with Crippen LogP contribution in [-0.4, -0.2) is 31.1 Å². The van der Waals surface area contributed by atoms with Gasteiger partial charge >= 0.3 is 12.4 Å². The fraction of sp³-hybridized carbons (Fsp3) is 0.538. The molecule has 0 spiro atoms. The Morgan fingerprint density at radius 3 is 1.36 bits per heavy atom. The van der Waals surface area contributed by atoms with E-state index in [1.807, 2.05) is 0 Å². The van der Waals surface area contributed by atoms with Gasteiger partial charge in [-0.2, -0.15) is 26.3 Å². The van der Waals surface area contributed by atoms with E-state index in [0.717, 1.165) is 12.1 Å². The van der Waals surface area contributed by atoms with Crippen LogP contribution in [0.15, 0.2) is 18.2 Å². The molecule has 0 heterocycles. The SMILES string of the molecule is Cl.Cl.Cl.NCCN(CCN)Cc1cc(C(F)(F)F)cc(C(F)(F)F)c1. The Morgan fingerprint density at radius 1 is 0.720 bits per heavy atom. The zero-order valence-corrected chi connectivity index (χ0v) is 15.3. The summed E-state index contributed by atoms with van der Waals surface area (Å²) in [5.74, 6) is 0. The number of nitrogens with two attached hydrogens (primary N) is 2. The largest absolute Gasteiger partial charge is 0.416 e. The smallest absolute Gasteiger partial charge is 0.329 e. The van der Waals surface area contributed by atoms with Crippen molar-refractivity contribution in [3.8, 4) is 0 Å². The molecule has 3 nitrogen and oxygen atoms in total. The van der Waals surface area contributed by atoms with Crippen LogP contribution < -0.4 is 11.5 Å². The lowest BCUT2D eigenvalue weighted by atomic mass is 10.0. The third kappa shape index (κ3) is 9.72. The summed E-state index contributed by atoms with van der Waals surface area (Å²) in [4.78, 5) is 1.61. The molecule has 1 aromatic carbocycles. The van der Waals surface area contributed by atoms with Crippen LogP contribution in [0.3, 0.4) is 0 Å². The highest BCUT2D eigenvalue weighted by atomic mass is 35.5. The Hall–Kier alpha value is -0.450. The number of benzene rings is 1. The van der Waals surface area contributed by atoms with Gasteiger partial charge in [0.15, 0.2) is 0 Å². The number of hydrogen-bond acceptors (Lipinski definition) is 3. The Bertz CT molecular complexity index is 459. The zero-order valence-electron chi connectivity index (χ0n) is 12.9. The lowest BCUT2D eigenvalue weighted by Crippen LogP contribution is -2.33. The molecule has 0 aromatic heterocycles.